The minimum atomic E-state index is -0.968. The Labute approximate surface area is 149 Å². The summed E-state index contributed by atoms with van der Waals surface area (Å²) < 4.78 is 5.68. The van der Waals surface area contributed by atoms with Gasteiger partial charge in [-0.05, 0) is 18.1 Å². The monoisotopic (exact) mass is 354 g/mol. The summed E-state index contributed by atoms with van der Waals surface area (Å²) in [6.45, 7) is 6.49. The molecule has 0 aliphatic heterocycles. The molecule has 0 aromatic heterocycles. The van der Waals surface area contributed by atoms with Gasteiger partial charge in [0.15, 0.2) is 0 Å². The van der Waals surface area contributed by atoms with Crippen molar-refractivity contribution >= 4 is 18.3 Å². The van der Waals surface area contributed by atoms with Crippen LogP contribution in [0.15, 0.2) is 24.3 Å². The van der Waals surface area contributed by atoms with Gasteiger partial charge in [-0.1, -0.05) is 38.1 Å². The first-order valence-corrected chi connectivity index (χ1v) is 8.28. The first-order valence-electron chi connectivity index (χ1n) is 8.28. The zero-order valence-electron chi connectivity index (χ0n) is 14.4. The lowest BCUT2D eigenvalue weighted by molar-refractivity contribution is -0.171. The fourth-order valence-electron chi connectivity index (χ4n) is 3.84. The van der Waals surface area contributed by atoms with E-state index in [0.29, 0.717) is 19.4 Å². The Balaban J connectivity index is 0.00000208. The van der Waals surface area contributed by atoms with E-state index in [9.17, 15) is 9.90 Å². The smallest absolute Gasteiger partial charge is 0.241 e. The fraction of sp³-hybridized carbons (Fsp3) is 0.611. The van der Waals surface area contributed by atoms with E-state index in [2.05, 4.69) is 5.32 Å². The average Bonchev–Trinajstić information content (AvgIpc) is 2.83. The number of carbonyl (C=O) groups excluding carboxylic acids is 1. The van der Waals surface area contributed by atoms with Crippen LogP contribution in [0.5, 0.6) is 0 Å². The van der Waals surface area contributed by atoms with Crippen molar-refractivity contribution in [2.24, 2.45) is 11.1 Å². The van der Waals surface area contributed by atoms with Gasteiger partial charge >= 0.3 is 0 Å². The highest BCUT2D eigenvalue weighted by atomic mass is 35.5. The van der Waals surface area contributed by atoms with Crippen molar-refractivity contribution in [2.75, 3.05) is 6.61 Å². The molecule has 134 valence electrons. The van der Waals surface area contributed by atoms with Crippen LogP contribution >= 0.6 is 12.4 Å². The lowest BCUT2D eigenvalue weighted by Crippen LogP contribution is -2.76. The van der Waals surface area contributed by atoms with Gasteiger partial charge in [0.2, 0.25) is 5.91 Å². The van der Waals surface area contributed by atoms with E-state index in [1.54, 1.807) is 0 Å². The van der Waals surface area contributed by atoms with Crippen molar-refractivity contribution in [1.29, 1.82) is 0 Å². The number of hydrogen-bond acceptors (Lipinski definition) is 4. The van der Waals surface area contributed by atoms with Crippen LogP contribution < -0.4 is 11.1 Å². The van der Waals surface area contributed by atoms with Crippen molar-refractivity contribution in [1.82, 2.24) is 5.32 Å². The van der Waals surface area contributed by atoms with E-state index in [1.165, 1.54) is 0 Å². The van der Waals surface area contributed by atoms with Crippen LogP contribution in [0.4, 0.5) is 0 Å². The van der Waals surface area contributed by atoms with Crippen molar-refractivity contribution in [2.45, 2.75) is 57.4 Å². The molecule has 0 saturated heterocycles. The van der Waals surface area contributed by atoms with Crippen LogP contribution in [0.25, 0.3) is 0 Å². The van der Waals surface area contributed by atoms with Crippen LogP contribution in [0, 0.1) is 5.41 Å². The van der Waals surface area contributed by atoms with Gasteiger partial charge in [-0.25, -0.2) is 0 Å². The Kier molecular flexibility index (Phi) is 5.31. The summed E-state index contributed by atoms with van der Waals surface area (Å²) in [6, 6.07) is 7.42. The molecule has 3 rings (SSSR count). The predicted octanol–water partition coefficient (Wildman–Crippen LogP) is 1.72. The Morgan fingerprint density at radius 1 is 1.42 bits per heavy atom. The number of rotatable bonds is 4. The average molecular weight is 355 g/mol. The zero-order chi connectivity index (χ0) is 16.8. The first-order chi connectivity index (χ1) is 10.8. The molecule has 4 N–H and O–H groups in total. The van der Waals surface area contributed by atoms with E-state index in [-0.39, 0.29) is 30.5 Å². The normalized spacial score (nSPS) is 33.1. The molecular formula is C18H27ClN2O3. The summed E-state index contributed by atoms with van der Waals surface area (Å²) in [5, 5.41) is 13.3. The molecule has 0 heterocycles. The van der Waals surface area contributed by atoms with Crippen molar-refractivity contribution < 1.29 is 14.6 Å². The summed E-state index contributed by atoms with van der Waals surface area (Å²) in [5.74, 6) is -0.209. The molecule has 0 radical (unpaired) electrons. The van der Waals surface area contributed by atoms with E-state index in [4.69, 9.17) is 10.5 Å². The predicted molar refractivity (Wildman–Crippen MR) is 95.0 cm³/mol. The van der Waals surface area contributed by atoms with Crippen LogP contribution in [0.1, 0.15) is 44.4 Å². The molecule has 5 nitrogen and oxygen atoms in total. The SMILES string of the molecule is CCOC1CC(N)(C(=O)N[C@@H]2c3ccccc3C[C@@H]2O)C1(C)C.Cl. The summed E-state index contributed by atoms with van der Waals surface area (Å²) in [6.07, 6.45) is 0.447. The van der Waals surface area contributed by atoms with Gasteiger partial charge in [0.05, 0.1) is 18.2 Å². The molecule has 1 fully saturated rings. The number of halogens is 1. The fourth-order valence-corrected chi connectivity index (χ4v) is 3.84. The third-order valence-corrected chi connectivity index (χ3v) is 5.73. The van der Waals surface area contributed by atoms with Gasteiger partial charge in [0, 0.05) is 24.9 Å². The molecule has 0 bridgehead atoms. The second-order valence-electron chi connectivity index (χ2n) is 7.26. The lowest BCUT2D eigenvalue weighted by Gasteiger charge is -2.57. The molecule has 24 heavy (non-hydrogen) atoms. The highest BCUT2D eigenvalue weighted by molar-refractivity contribution is 5.89. The maximum Gasteiger partial charge on any atom is 0.241 e. The van der Waals surface area contributed by atoms with Crippen molar-refractivity contribution in [3.63, 3.8) is 0 Å². The van der Waals surface area contributed by atoms with Gasteiger partial charge in [0.25, 0.3) is 0 Å². The number of benzene rings is 1. The number of aliphatic hydroxyl groups is 1. The van der Waals surface area contributed by atoms with Crippen LogP contribution in [0.2, 0.25) is 0 Å². The van der Waals surface area contributed by atoms with Gasteiger partial charge in [0.1, 0.15) is 5.54 Å². The second-order valence-corrected chi connectivity index (χ2v) is 7.26. The van der Waals surface area contributed by atoms with E-state index >= 15 is 0 Å². The Morgan fingerprint density at radius 3 is 2.71 bits per heavy atom. The third kappa shape index (κ3) is 2.73. The van der Waals surface area contributed by atoms with Crippen LogP contribution in [-0.4, -0.2) is 35.4 Å². The third-order valence-electron chi connectivity index (χ3n) is 5.73. The van der Waals surface area contributed by atoms with Gasteiger partial charge in [-0.2, -0.15) is 0 Å². The molecule has 2 aliphatic rings. The summed E-state index contributed by atoms with van der Waals surface area (Å²) in [5.41, 5.74) is 7.07. The molecule has 4 atom stereocenters. The lowest BCUT2D eigenvalue weighted by atomic mass is 9.54. The number of ether oxygens (including phenoxy) is 1. The molecule has 0 spiro atoms. The molecule has 6 heteroatoms. The summed E-state index contributed by atoms with van der Waals surface area (Å²) in [4.78, 5) is 12.8. The summed E-state index contributed by atoms with van der Waals surface area (Å²) in [7, 11) is 0. The van der Waals surface area contributed by atoms with Gasteiger partial charge < -0.3 is 20.9 Å². The molecule has 1 saturated carbocycles. The molecule has 2 aliphatic carbocycles. The Bertz CT molecular complexity index is 622. The number of nitrogens with one attached hydrogen (secondary N) is 1. The van der Waals surface area contributed by atoms with E-state index in [0.717, 1.165) is 11.1 Å². The minimum absolute atomic E-state index is 0. The highest BCUT2D eigenvalue weighted by Gasteiger charge is 2.63. The highest BCUT2D eigenvalue weighted by Crippen LogP contribution is 2.50. The molecule has 1 aromatic carbocycles. The Hall–Kier alpha value is -1.14. The van der Waals surface area contributed by atoms with Gasteiger partial charge in [-0.15, -0.1) is 12.4 Å². The van der Waals surface area contributed by atoms with Crippen LogP contribution in [-0.2, 0) is 16.0 Å². The Morgan fingerprint density at radius 2 is 2.08 bits per heavy atom. The van der Waals surface area contributed by atoms with Gasteiger partial charge in [-0.3, -0.25) is 4.79 Å². The van der Waals surface area contributed by atoms with Crippen molar-refractivity contribution in [3.8, 4) is 0 Å². The topological polar surface area (TPSA) is 84.6 Å². The quantitative estimate of drug-likeness (QED) is 0.768. The maximum atomic E-state index is 12.8. The molecular weight excluding hydrogens is 328 g/mol. The zero-order valence-corrected chi connectivity index (χ0v) is 15.2. The summed E-state index contributed by atoms with van der Waals surface area (Å²) >= 11 is 0. The number of nitrogens with two attached hydrogens (primary N) is 1. The first kappa shape index (κ1) is 19.2. The largest absolute Gasteiger partial charge is 0.390 e. The number of carbonyl (C=O) groups is 1. The number of fused-ring (bicyclic) bond motifs is 1. The van der Waals surface area contributed by atoms with Crippen molar-refractivity contribution in [3.05, 3.63) is 35.4 Å². The van der Waals surface area contributed by atoms with E-state index < -0.39 is 17.1 Å². The number of amides is 1. The maximum absolute atomic E-state index is 12.8. The minimum Gasteiger partial charge on any atom is -0.390 e. The number of aliphatic hydroxyl groups excluding tert-OH is 1. The molecule has 1 aromatic rings. The standard InChI is InChI=1S/C18H26N2O3.ClH/c1-4-23-14-10-18(19,17(14,2)3)16(22)20-15-12-8-6-5-7-11(12)9-13(15)21;/h5-8,13-15,21H,4,9-10,19H2,1-3H3,(H,20,22);1H/t13-,14?,15+,18?;/m0./s1. The molecule has 1 amide bonds. The second kappa shape index (κ2) is 6.64. The van der Waals surface area contributed by atoms with E-state index in [1.807, 2.05) is 45.0 Å². The number of hydrogen-bond donors (Lipinski definition) is 3. The molecule has 2 unspecified atom stereocenters. The van der Waals surface area contributed by atoms with Crippen LogP contribution in [0.3, 0.4) is 0 Å².